The van der Waals surface area contributed by atoms with Crippen LogP contribution in [0.1, 0.15) is 6.92 Å². The minimum absolute atomic E-state index is 0. The van der Waals surface area contributed by atoms with Crippen molar-refractivity contribution in [3.63, 3.8) is 0 Å². The zero-order valence-corrected chi connectivity index (χ0v) is 25.2. The van der Waals surface area contributed by atoms with Crippen LogP contribution < -0.4 is 0 Å². The van der Waals surface area contributed by atoms with E-state index in [0.29, 0.717) is 0 Å². The predicted octanol–water partition coefficient (Wildman–Crippen LogP) is 1.75. The van der Waals surface area contributed by atoms with Crippen LogP contribution >= 0.6 is 0 Å². The van der Waals surface area contributed by atoms with Crippen LogP contribution in [0.5, 0.6) is 0 Å². The van der Waals surface area contributed by atoms with Gasteiger partial charge in [-0.05, 0) is 0 Å². The van der Waals surface area contributed by atoms with Gasteiger partial charge in [-0.1, -0.05) is 6.92 Å². The van der Waals surface area contributed by atoms with E-state index in [0.717, 1.165) is 0 Å². The fraction of sp³-hybridized carbons (Fsp3) is 0.167. The maximum atomic E-state index is 6.77. The van der Waals surface area contributed by atoms with Crippen molar-refractivity contribution in [2.45, 2.75) is 6.92 Å². The van der Waals surface area contributed by atoms with Gasteiger partial charge in [0, 0.05) is 164 Å². The van der Waals surface area contributed by atoms with Crippen LogP contribution in [0.4, 0.5) is 0 Å². The van der Waals surface area contributed by atoms with Gasteiger partial charge in [0.25, 0.3) is 0 Å². The molecule has 2 nitrogen and oxygen atoms in total. The van der Waals surface area contributed by atoms with Gasteiger partial charge in [0.15, 0.2) is 0 Å². The summed E-state index contributed by atoms with van der Waals surface area (Å²) in [6.45, 7) is 6.51. The van der Waals surface area contributed by atoms with Gasteiger partial charge in [0.2, 0.25) is 0 Å². The molecule has 0 aromatic rings. The molecule has 0 aliphatic heterocycles. The van der Waals surface area contributed by atoms with Crippen molar-refractivity contribution in [2.24, 2.45) is 4.99 Å². The average Bonchev–Trinajstić information content (AvgIpc) is 1.66. The second-order valence-electron chi connectivity index (χ2n) is 1.19. The molecule has 0 spiro atoms. The molecule has 0 aromatic carbocycles. The molecule has 0 fully saturated rings. The van der Waals surface area contributed by atoms with Gasteiger partial charge in [-0.3, -0.25) is 0 Å². The number of allylic oxidation sites excluding steroid dienone is 2. The van der Waals surface area contributed by atoms with Crippen molar-refractivity contribution in [3.8, 4) is 0 Å². The SMILES string of the molecule is [CH-]=CC=[C-]N=C(C)[NH-].[Y+3].[Y].[Y].[Y].[Y].[Y]. The minimum atomic E-state index is 0. The third-order valence-electron chi connectivity index (χ3n) is 0.403. The summed E-state index contributed by atoms with van der Waals surface area (Å²) >= 11 is 0. The molecule has 59 valence electrons. The molecule has 0 atom stereocenters. The van der Waals surface area contributed by atoms with E-state index in [2.05, 4.69) is 11.2 Å². The van der Waals surface area contributed by atoms with Crippen molar-refractivity contribution in [3.05, 3.63) is 30.7 Å². The van der Waals surface area contributed by atoms with Gasteiger partial charge in [0.05, 0.1) is 0 Å². The molecule has 0 saturated carbocycles. The van der Waals surface area contributed by atoms with Crippen LogP contribution in [0.3, 0.4) is 0 Å². The summed E-state index contributed by atoms with van der Waals surface area (Å²) in [4.78, 5) is 3.48. The molecule has 8 heteroatoms. The first-order valence-electron chi connectivity index (χ1n) is 2.15. The maximum absolute atomic E-state index is 6.77. The maximum Gasteiger partial charge on any atom is 3.00 e. The van der Waals surface area contributed by atoms with Crippen molar-refractivity contribution in [1.29, 1.82) is 0 Å². The summed E-state index contributed by atoms with van der Waals surface area (Å²) < 4.78 is 0. The average molecular weight is 641 g/mol. The molecule has 0 amide bonds. The first-order valence-corrected chi connectivity index (χ1v) is 2.15. The number of nitrogens with zero attached hydrogens (tertiary/aromatic N) is 1. The Morgan fingerprint density at radius 2 is 1.57 bits per heavy atom. The summed E-state index contributed by atoms with van der Waals surface area (Å²) in [5, 5.41) is 0. The van der Waals surface area contributed by atoms with Gasteiger partial charge in [0.1, 0.15) is 0 Å². The van der Waals surface area contributed by atoms with E-state index < -0.39 is 0 Å². The molecule has 14 heavy (non-hydrogen) atoms. The number of hydrogen-bond acceptors (Lipinski definition) is 1. The Morgan fingerprint density at radius 3 is 1.79 bits per heavy atom. The second kappa shape index (κ2) is 36.3. The summed E-state index contributed by atoms with van der Waals surface area (Å²) in [7, 11) is 0. The summed E-state index contributed by atoms with van der Waals surface area (Å²) in [6, 6.07) is 0. The predicted molar refractivity (Wildman–Crippen MR) is 34.1 cm³/mol. The van der Waals surface area contributed by atoms with E-state index in [1.807, 2.05) is 0 Å². The largest absolute Gasteiger partial charge is 3.00 e. The van der Waals surface area contributed by atoms with E-state index >= 15 is 0 Å². The quantitative estimate of drug-likeness (QED) is 0.191. The normalized spacial score (nSPS) is 7.07. The fourth-order valence-corrected chi connectivity index (χ4v) is 0.177. The van der Waals surface area contributed by atoms with Gasteiger partial charge in [-0.2, -0.15) is 0 Å². The smallest absolute Gasteiger partial charge is 0.593 e. The molecule has 0 unspecified atom stereocenters. The Hall–Kier alpha value is 5.57. The standard InChI is InChI=1S/C6H7N2.6Y/c1-3-4-5-8-6(2)7;;;;;;/h1,3-4H,2H3,(H-,7,8);;;;;;/q-3;;;;;;+3. The van der Waals surface area contributed by atoms with Crippen LogP contribution in [0, 0.1) is 12.8 Å². The molecular weight excluding hydrogens is 634 g/mol. The Morgan fingerprint density at radius 1 is 1.21 bits per heavy atom. The number of hydrogen-bond donors (Lipinski definition) is 0. The van der Waals surface area contributed by atoms with Crippen molar-refractivity contribution >= 4 is 5.84 Å². The van der Waals surface area contributed by atoms with Crippen LogP contribution in [0.15, 0.2) is 17.1 Å². The van der Waals surface area contributed by atoms with E-state index in [9.17, 15) is 0 Å². The minimum Gasteiger partial charge on any atom is -0.593 e. The van der Waals surface area contributed by atoms with Crippen molar-refractivity contribution in [2.75, 3.05) is 0 Å². The molecule has 0 heterocycles. The van der Waals surface area contributed by atoms with Crippen LogP contribution in [0.2, 0.25) is 0 Å². The van der Waals surface area contributed by atoms with Crippen LogP contribution in [0.25, 0.3) is 5.73 Å². The topological polar surface area (TPSA) is 36.2 Å². The number of aliphatic imine (C=N–C) groups is 1. The van der Waals surface area contributed by atoms with Crippen LogP contribution in [-0.2, 0) is 196 Å². The molecule has 5 radical (unpaired) electrons. The van der Waals surface area contributed by atoms with E-state index in [1.54, 1.807) is 6.92 Å². The Kier molecular flexibility index (Phi) is 111. The fourth-order valence-electron chi connectivity index (χ4n) is 0.177. The van der Waals surface area contributed by atoms with E-state index in [4.69, 9.17) is 12.3 Å². The first-order chi connectivity index (χ1) is 3.77. The van der Waals surface area contributed by atoms with Crippen LogP contribution in [-0.4, -0.2) is 5.84 Å². The molecule has 0 aliphatic carbocycles. The molecule has 0 rings (SSSR count). The zero-order valence-electron chi connectivity index (χ0n) is 8.14. The molecule has 1 N–H and O–H groups in total. The second-order valence-corrected chi connectivity index (χ2v) is 1.19. The molecule has 0 aliphatic rings. The molecule has 0 saturated heterocycles. The van der Waals surface area contributed by atoms with E-state index in [1.165, 1.54) is 12.2 Å². The molecule has 0 bridgehead atoms. The summed E-state index contributed by atoms with van der Waals surface area (Å²) in [6.07, 6.45) is 5.18. The summed E-state index contributed by atoms with van der Waals surface area (Å²) in [5.41, 5.74) is 6.77. The number of rotatable bonds is 2. The summed E-state index contributed by atoms with van der Waals surface area (Å²) in [5.74, 6) is 0.225. The number of nitrogens with one attached hydrogen (secondary N) is 1. The van der Waals surface area contributed by atoms with E-state index in [-0.39, 0.29) is 202 Å². The third kappa shape index (κ3) is 43.2. The monoisotopic (exact) mass is 640 g/mol. The van der Waals surface area contributed by atoms with Gasteiger partial charge in [-0.15, -0.1) is 0 Å². The zero-order chi connectivity index (χ0) is 6.41. The van der Waals surface area contributed by atoms with Gasteiger partial charge >= 0.3 is 32.7 Å². The molecule has 0 aromatic heterocycles. The molecular formula is C6H7N2Y6. The van der Waals surface area contributed by atoms with Crippen molar-refractivity contribution < 1.29 is 196 Å². The third-order valence-corrected chi connectivity index (χ3v) is 0.403. The van der Waals surface area contributed by atoms with Gasteiger partial charge in [-0.25, -0.2) is 5.84 Å². The van der Waals surface area contributed by atoms with Gasteiger partial charge < -0.3 is 35.7 Å². The first kappa shape index (κ1) is 42.7. The van der Waals surface area contributed by atoms with Crippen molar-refractivity contribution in [1.82, 2.24) is 0 Å². The Balaban J connectivity index is -0.0000000163. The Bertz CT molecular complexity index is 132. The Labute approximate surface area is 238 Å². The number of amidine groups is 1.